The van der Waals surface area contributed by atoms with Crippen molar-refractivity contribution in [3.8, 4) is 0 Å². The smallest absolute Gasteiger partial charge is 0.193 e. The minimum Gasteiger partial charge on any atom is -0.371 e. The molecule has 25 heavy (non-hydrogen) atoms. The van der Waals surface area contributed by atoms with Gasteiger partial charge in [0.15, 0.2) is 5.96 Å². The van der Waals surface area contributed by atoms with Crippen molar-refractivity contribution >= 4 is 51.6 Å². The summed E-state index contributed by atoms with van der Waals surface area (Å²) in [5, 5.41) is 3.62. The summed E-state index contributed by atoms with van der Waals surface area (Å²) in [7, 11) is 1.91. The van der Waals surface area contributed by atoms with Crippen molar-refractivity contribution in [3.63, 3.8) is 0 Å². The van der Waals surface area contributed by atoms with Crippen LogP contribution in [-0.4, -0.2) is 50.6 Å². The number of benzene rings is 1. The largest absolute Gasteiger partial charge is 0.371 e. The lowest BCUT2D eigenvalue weighted by Crippen LogP contribution is -2.47. The average Bonchev–Trinajstić information content (AvgIpc) is 3.05. The highest BCUT2D eigenvalue weighted by Crippen LogP contribution is 2.25. The van der Waals surface area contributed by atoms with Crippen LogP contribution in [0, 0.1) is 11.8 Å². The highest BCUT2D eigenvalue weighted by atomic mass is 127. The third-order valence-electron chi connectivity index (χ3n) is 5.19. The molecule has 2 atom stereocenters. The van der Waals surface area contributed by atoms with Gasteiger partial charge in [0.2, 0.25) is 0 Å². The molecule has 2 unspecified atom stereocenters. The zero-order valence-corrected chi connectivity index (χ0v) is 19.2. The molecule has 0 radical (unpaired) electrons. The number of aliphatic imine (C=N–C) groups is 1. The molecule has 1 aromatic rings. The third-order valence-corrected chi connectivity index (χ3v) is 5.72. The molecule has 3 rings (SSSR count). The number of anilines is 1. The first-order valence-electron chi connectivity index (χ1n) is 9.12. The number of halogens is 2. The van der Waals surface area contributed by atoms with Crippen LogP contribution in [0.25, 0.3) is 0 Å². The molecule has 4 nitrogen and oxygen atoms in total. The Bertz CT molecular complexity index is 563. The van der Waals surface area contributed by atoms with Crippen molar-refractivity contribution < 1.29 is 0 Å². The number of guanidine groups is 1. The van der Waals surface area contributed by atoms with Gasteiger partial charge in [-0.3, -0.25) is 4.99 Å². The molecule has 2 heterocycles. The molecule has 0 amide bonds. The second-order valence-electron chi connectivity index (χ2n) is 7.20. The minimum atomic E-state index is 0. The molecule has 1 aromatic carbocycles. The van der Waals surface area contributed by atoms with E-state index in [2.05, 4.69) is 67.2 Å². The van der Waals surface area contributed by atoms with E-state index >= 15 is 0 Å². The number of nitrogens with one attached hydrogen (secondary N) is 1. The summed E-state index contributed by atoms with van der Waals surface area (Å²) >= 11 is 3.51. The topological polar surface area (TPSA) is 30.9 Å². The van der Waals surface area contributed by atoms with E-state index in [0.717, 1.165) is 49.1 Å². The molecule has 0 aliphatic carbocycles. The Morgan fingerprint density at radius 2 is 1.96 bits per heavy atom. The van der Waals surface area contributed by atoms with Crippen molar-refractivity contribution in [1.29, 1.82) is 0 Å². The summed E-state index contributed by atoms with van der Waals surface area (Å²) in [5.74, 6) is 2.55. The summed E-state index contributed by atoms with van der Waals surface area (Å²) in [5.41, 5.74) is 1.33. The standard InChI is InChI=1S/C19H29BrN4.HI/c1-15-4-3-10-24(13-15)19(21-2)22-12-16-9-11-23(14-16)18-7-5-17(20)6-8-18;/h5-8,15-16H,3-4,9-14H2,1-2H3,(H,21,22);1H. The highest BCUT2D eigenvalue weighted by Gasteiger charge is 2.24. The lowest BCUT2D eigenvalue weighted by Gasteiger charge is -2.34. The van der Waals surface area contributed by atoms with E-state index in [1.165, 1.54) is 24.9 Å². The summed E-state index contributed by atoms with van der Waals surface area (Å²) in [6.45, 7) is 7.90. The van der Waals surface area contributed by atoms with Crippen LogP contribution < -0.4 is 10.2 Å². The Hall–Kier alpha value is -0.500. The van der Waals surface area contributed by atoms with Crippen molar-refractivity contribution in [2.75, 3.05) is 44.7 Å². The van der Waals surface area contributed by atoms with E-state index < -0.39 is 0 Å². The van der Waals surface area contributed by atoms with Crippen LogP contribution in [0.3, 0.4) is 0 Å². The normalized spacial score (nSPS) is 24.2. The van der Waals surface area contributed by atoms with Crippen LogP contribution in [0.1, 0.15) is 26.2 Å². The number of likely N-dealkylation sites (tertiary alicyclic amines) is 1. The summed E-state index contributed by atoms with van der Waals surface area (Å²) in [4.78, 5) is 9.42. The lowest BCUT2D eigenvalue weighted by molar-refractivity contribution is 0.265. The van der Waals surface area contributed by atoms with E-state index in [1.54, 1.807) is 0 Å². The van der Waals surface area contributed by atoms with Gasteiger partial charge in [0.1, 0.15) is 0 Å². The molecule has 2 aliphatic rings. The van der Waals surface area contributed by atoms with Crippen molar-refractivity contribution in [2.45, 2.75) is 26.2 Å². The predicted octanol–water partition coefficient (Wildman–Crippen LogP) is 4.20. The van der Waals surface area contributed by atoms with Gasteiger partial charge < -0.3 is 15.1 Å². The van der Waals surface area contributed by atoms with Gasteiger partial charge in [-0.1, -0.05) is 22.9 Å². The first kappa shape index (κ1) is 20.8. The van der Waals surface area contributed by atoms with Crippen LogP contribution in [0.4, 0.5) is 5.69 Å². The van der Waals surface area contributed by atoms with E-state index in [0.29, 0.717) is 5.92 Å². The zero-order valence-electron chi connectivity index (χ0n) is 15.2. The molecule has 2 fully saturated rings. The van der Waals surface area contributed by atoms with Gasteiger partial charge >= 0.3 is 0 Å². The van der Waals surface area contributed by atoms with Crippen LogP contribution in [0.5, 0.6) is 0 Å². The molecule has 140 valence electrons. The molecule has 0 bridgehead atoms. The fourth-order valence-corrected chi connectivity index (χ4v) is 4.10. The Morgan fingerprint density at radius 3 is 2.64 bits per heavy atom. The second kappa shape index (κ2) is 10.00. The number of piperidine rings is 1. The molecule has 2 saturated heterocycles. The van der Waals surface area contributed by atoms with Gasteiger partial charge in [0, 0.05) is 49.9 Å². The second-order valence-corrected chi connectivity index (χ2v) is 8.11. The highest BCUT2D eigenvalue weighted by molar-refractivity contribution is 14.0. The van der Waals surface area contributed by atoms with E-state index in [4.69, 9.17) is 0 Å². The summed E-state index contributed by atoms with van der Waals surface area (Å²) in [6, 6.07) is 8.66. The maximum atomic E-state index is 4.51. The lowest BCUT2D eigenvalue weighted by atomic mass is 10.0. The SMILES string of the molecule is CN=C(NCC1CCN(c2ccc(Br)cc2)C1)N1CCCC(C)C1.I. The quantitative estimate of drug-likeness (QED) is 0.368. The van der Waals surface area contributed by atoms with Crippen molar-refractivity contribution in [3.05, 3.63) is 28.7 Å². The summed E-state index contributed by atoms with van der Waals surface area (Å²) < 4.78 is 1.14. The molecule has 0 aromatic heterocycles. The Kier molecular flexibility index (Phi) is 8.32. The van der Waals surface area contributed by atoms with Crippen LogP contribution in [-0.2, 0) is 0 Å². The molecular weight excluding hydrogens is 491 g/mol. The summed E-state index contributed by atoms with van der Waals surface area (Å²) in [6.07, 6.45) is 3.87. The van der Waals surface area contributed by atoms with Gasteiger partial charge in [0.25, 0.3) is 0 Å². The number of rotatable bonds is 3. The number of hydrogen-bond acceptors (Lipinski definition) is 2. The first-order chi connectivity index (χ1) is 11.7. The van der Waals surface area contributed by atoms with E-state index in [9.17, 15) is 0 Å². The average molecular weight is 521 g/mol. The monoisotopic (exact) mass is 520 g/mol. The van der Waals surface area contributed by atoms with Gasteiger partial charge in [-0.2, -0.15) is 0 Å². The minimum absolute atomic E-state index is 0. The van der Waals surface area contributed by atoms with Crippen LogP contribution in [0.15, 0.2) is 33.7 Å². The molecular formula is C19H30BrIN4. The third kappa shape index (κ3) is 5.74. The Morgan fingerprint density at radius 1 is 1.20 bits per heavy atom. The fourth-order valence-electron chi connectivity index (χ4n) is 3.84. The molecule has 2 aliphatic heterocycles. The Balaban J connectivity index is 0.00000225. The predicted molar refractivity (Wildman–Crippen MR) is 121 cm³/mol. The fraction of sp³-hybridized carbons (Fsp3) is 0.632. The maximum Gasteiger partial charge on any atom is 0.193 e. The molecule has 1 N–H and O–H groups in total. The molecule has 0 saturated carbocycles. The van der Waals surface area contributed by atoms with Crippen LogP contribution >= 0.6 is 39.9 Å². The van der Waals surface area contributed by atoms with Crippen molar-refractivity contribution in [2.24, 2.45) is 16.8 Å². The van der Waals surface area contributed by atoms with E-state index in [1.807, 2.05) is 7.05 Å². The van der Waals surface area contributed by atoms with Gasteiger partial charge in [-0.15, -0.1) is 24.0 Å². The van der Waals surface area contributed by atoms with Crippen LogP contribution in [0.2, 0.25) is 0 Å². The molecule has 0 spiro atoms. The van der Waals surface area contributed by atoms with Crippen molar-refractivity contribution in [1.82, 2.24) is 10.2 Å². The van der Waals surface area contributed by atoms with E-state index in [-0.39, 0.29) is 24.0 Å². The zero-order chi connectivity index (χ0) is 16.9. The maximum absolute atomic E-state index is 4.51. The Labute approximate surface area is 177 Å². The van der Waals surface area contributed by atoms with Gasteiger partial charge in [-0.25, -0.2) is 0 Å². The first-order valence-corrected chi connectivity index (χ1v) is 9.91. The van der Waals surface area contributed by atoms with Gasteiger partial charge in [-0.05, 0) is 55.4 Å². The van der Waals surface area contributed by atoms with Gasteiger partial charge in [0.05, 0.1) is 0 Å². The molecule has 6 heteroatoms. The number of hydrogen-bond donors (Lipinski definition) is 1. The number of nitrogens with zero attached hydrogens (tertiary/aromatic N) is 3.